The van der Waals surface area contributed by atoms with Gasteiger partial charge in [-0.2, -0.15) is 0 Å². The van der Waals surface area contributed by atoms with E-state index in [0.29, 0.717) is 0 Å². The Labute approximate surface area is 186 Å². The van der Waals surface area contributed by atoms with Crippen molar-refractivity contribution in [3.8, 4) is 11.1 Å². The third-order valence-electron chi connectivity index (χ3n) is 5.84. The molecule has 0 radical (unpaired) electrons. The molecule has 0 saturated heterocycles. The summed E-state index contributed by atoms with van der Waals surface area (Å²) in [7, 11) is 0. The summed E-state index contributed by atoms with van der Waals surface area (Å²) in [5, 5.41) is 23.4. The summed E-state index contributed by atoms with van der Waals surface area (Å²) in [5.74, 6) is -1.79. The van der Waals surface area contributed by atoms with Gasteiger partial charge in [0.05, 0.1) is 12.5 Å². The van der Waals surface area contributed by atoms with Gasteiger partial charge in [0.1, 0.15) is 12.1 Å². The maximum absolute atomic E-state index is 12.6. The van der Waals surface area contributed by atoms with E-state index in [-0.39, 0.29) is 25.5 Å². The lowest BCUT2D eigenvalue weighted by Gasteiger charge is -2.28. The van der Waals surface area contributed by atoms with Crippen molar-refractivity contribution >= 4 is 18.0 Å². The molecule has 3 rings (SSSR count). The number of rotatable bonds is 9. The predicted octanol–water partition coefficient (Wildman–Crippen LogP) is 2.65. The number of fused-ring (bicyclic) bond motifs is 3. The van der Waals surface area contributed by atoms with Crippen LogP contribution in [0.25, 0.3) is 11.1 Å². The number of aliphatic carboxylic acids is 1. The van der Waals surface area contributed by atoms with E-state index in [1.54, 1.807) is 13.8 Å². The number of aliphatic hydroxyl groups is 1. The van der Waals surface area contributed by atoms with Crippen molar-refractivity contribution in [1.29, 1.82) is 0 Å². The first kappa shape index (κ1) is 23.3. The molecule has 0 aliphatic heterocycles. The molecule has 0 fully saturated rings. The van der Waals surface area contributed by atoms with Gasteiger partial charge in [0.2, 0.25) is 5.91 Å². The summed E-state index contributed by atoms with van der Waals surface area (Å²) in [4.78, 5) is 35.8. The van der Waals surface area contributed by atoms with Crippen molar-refractivity contribution in [2.45, 2.75) is 44.2 Å². The number of benzene rings is 2. The summed E-state index contributed by atoms with van der Waals surface area (Å²) in [5.41, 5.74) is 3.14. The number of aliphatic hydroxyl groups excluding tert-OH is 1. The lowest BCUT2D eigenvalue weighted by Crippen LogP contribution is -2.57. The fraction of sp³-hybridized carbons (Fsp3) is 0.375. The fourth-order valence-electron chi connectivity index (χ4n) is 3.84. The van der Waals surface area contributed by atoms with Crippen LogP contribution >= 0.6 is 0 Å². The van der Waals surface area contributed by atoms with Crippen LogP contribution in [0.15, 0.2) is 48.5 Å². The van der Waals surface area contributed by atoms with E-state index in [4.69, 9.17) is 9.84 Å². The highest BCUT2D eigenvalue weighted by Gasteiger charge is 2.35. The number of alkyl carbamates (subject to hydrolysis) is 1. The first-order valence-electron chi connectivity index (χ1n) is 10.6. The summed E-state index contributed by atoms with van der Waals surface area (Å²) in [6, 6.07) is 16.0. The summed E-state index contributed by atoms with van der Waals surface area (Å²) in [6.07, 6.45) is -2.15. The molecule has 1 aliphatic rings. The molecule has 0 saturated carbocycles. The predicted molar refractivity (Wildman–Crippen MR) is 118 cm³/mol. The molecule has 2 amide bonds. The molecule has 2 aromatic carbocycles. The minimum absolute atomic E-state index is 0.0963. The normalized spacial score (nSPS) is 15.1. The van der Waals surface area contributed by atoms with Gasteiger partial charge in [-0.25, -0.2) is 4.79 Å². The zero-order valence-corrected chi connectivity index (χ0v) is 18.1. The van der Waals surface area contributed by atoms with E-state index in [1.807, 2.05) is 48.5 Å². The number of amides is 2. The molecule has 32 heavy (non-hydrogen) atoms. The van der Waals surface area contributed by atoms with E-state index in [0.717, 1.165) is 22.3 Å². The monoisotopic (exact) mass is 440 g/mol. The van der Waals surface area contributed by atoms with Gasteiger partial charge in [-0.15, -0.1) is 0 Å². The molecule has 170 valence electrons. The second-order valence-corrected chi connectivity index (χ2v) is 8.10. The molecule has 1 aliphatic carbocycles. The van der Waals surface area contributed by atoms with Gasteiger partial charge >= 0.3 is 12.1 Å². The van der Waals surface area contributed by atoms with Crippen molar-refractivity contribution in [3.63, 3.8) is 0 Å². The molecule has 2 aromatic rings. The van der Waals surface area contributed by atoms with E-state index >= 15 is 0 Å². The van der Waals surface area contributed by atoms with Crippen LogP contribution in [-0.4, -0.2) is 53.0 Å². The van der Waals surface area contributed by atoms with Crippen LogP contribution < -0.4 is 10.6 Å². The van der Waals surface area contributed by atoms with Crippen LogP contribution in [0.4, 0.5) is 4.79 Å². The Morgan fingerprint density at radius 2 is 1.62 bits per heavy atom. The maximum atomic E-state index is 12.6. The summed E-state index contributed by atoms with van der Waals surface area (Å²) < 4.78 is 5.51. The van der Waals surface area contributed by atoms with Crippen LogP contribution in [0.5, 0.6) is 0 Å². The minimum atomic E-state index is -1.27. The summed E-state index contributed by atoms with van der Waals surface area (Å²) >= 11 is 0. The number of ether oxygens (including phenoxy) is 1. The third-order valence-corrected chi connectivity index (χ3v) is 5.84. The molecule has 0 heterocycles. The maximum Gasteiger partial charge on any atom is 0.408 e. The number of nitrogens with one attached hydrogen (secondary N) is 2. The molecular weight excluding hydrogens is 412 g/mol. The molecule has 0 aromatic heterocycles. The van der Waals surface area contributed by atoms with Gasteiger partial charge in [-0.05, 0) is 35.6 Å². The van der Waals surface area contributed by atoms with Crippen LogP contribution in [0.2, 0.25) is 0 Å². The number of carboxylic acid groups (broad SMARTS) is 1. The quantitative estimate of drug-likeness (QED) is 0.475. The molecule has 0 spiro atoms. The molecule has 2 atom stereocenters. The van der Waals surface area contributed by atoms with E-state index in [2.05, 4.69) is 10.6 Å². The third kappa shape index (κ3) is 5.08. The van der Waals surface area contributed by atoms with Crippen molar-refractivity contribution in [3.05, 3.63) is 59.7 Å². The Morgan fingerprint density at radius 3 is 2.16 bits per heavy atom. The number of carboxylic acids is 1. The first-order valence-corrected chi connectivity index (χ1v) is 10.6. The zero-order chi connectivity index (χ0) is 23.3. The number of hydrogen-bond acceptors (Lipinski definition) is 5. The van der Waals surface area contributed by atoms with Gasteiger partial charge in [0, 0.05) is 12.5 Å². The topological polar surface area (TPSA) is 125 Å². The van der Waals surface area contributed by atoms with Crippen molar-refractivity contribution < 1.29 is 29.3 Å². The molecule has 8 heteroatoms. The van der Waals surface area contributed by atoms with Crippen molar-refractivity contribution in [2.75, 3.05) is 13.2 Å². The molecule has 0 bridgehead atoms. The van der Waals surface area contributed by atoms with Gasteiger partial charge < -0.3 is 25.6 Å². The van der Waals surface area contributed by atoms with Gasteiger partial charge in [-0.1, -0.05) is 55.5 Å². The van der Waals surface area contributed by atoms with Gasteiger partial charge in [0.15, 0.2) is 0 Å². The van der Waals surface area contributed by atoms with E-state index in [1.165, 1.54) is 0 Å². The largest absolute Gasteiger partial charge is 0.481 e. The average molecular weight is 440 g/mol. The number of carbonyl (C=O) groups excluding carboxylic acids is 2. The Hall–Kier alpha value is -3.39. The highest BCUT2D eigenvalue weighted by atomic mass is 16.5. The standard InChI is InChI=1S/C24H28N2O6/c1-3-24(2,22(30)25-13-15(27)12-21(28)29)26-23(31)32-14-20-18-10-6-4-8-16(18)17-9-5-7-11-19(17)20/h4-11,15,20,27H,3,12-14H2,1-2H3,(H,25,30)(H,26,31)(H,28,29). The Morgan fingerprint density at radius 1 is 1.06 bits per heavy atom. The Balaban J connectivity index is 1.61. The van der Waals surface area contributed by atoms with Gasteiger partial charge in [-0.3, -0.25) is 9.59 Å². The Kier molecular flexibility index (Phi) is 7.15. The highest BCUT2D eigenvalue weighted by molar-refractivity contribution is 5.89. The lowest BCUT2D eigenvalue weighted by atomic mass is 9.97. The number of hydrogen-bond donors (Lipinski definition) is 4. The second-order valence-electron chi connectivity index (χ2n) is 8.10. The molecular formula is C24H28N2O6. The fourth-order valence-corrected chi connectivity index (χ4v) is 3.84. The SMILES string of the molecule is CCC(C)(NC(=O)OCC1c2ccccc2-c2ccccc21)C(=O)NCC(O)CC(=O)O. The smallest absolute Gasteiger partial charge is 0.408 e. The zero-order valence-electron chi connectivity index (χ0n) is 18.1. The van der Waals surface area contributed by atoms with E-state index in [9.17, 15) is 19.5 Å². The first-order chi connectivity index (χ1) is 15.2. The van der Waals surface area contributed by atoms with Crippen molar-refractivity contribution in [1.82, 2.24) is 10.6 Å². The molecule has 2 unspecified atom stereocenters. The highest BCUT2D eigenvalue weighted by Crippen LogP contribution is 2.44. The minimum Gasteiger partial charge on any atom is -0.481 e. The van der Waals surface area contributed by atoms with Crippen LogP contribution in [0, 0.1) is 0 Å². The summed E-state index contributed by atoms with van der Waals surface area (Å²) in [6.45, 7) is 3.18. The van der Waals surface area contributed by atoms with Crippen LogP contribution in [0.1, 0.15) is 43.7 Å². The van der Waals surface area contributed by atoms with Crippen LogP contribution in [-0.2, 0) is 14.3 Å². The van der Waals surface area contributed by atoms with Crippen molar-refractivity contribution in [2.24, 2.45) is 0 Å². The molecule has 8 nitrogen and oxygen atoms in total. The molecule has 4 N–H and O–H groups in total. The average Bonchev–Trinajstić information content (AvgIpc) is 3.09. The Bertz CT molecular complexity index is 962. The van der Waals surface area contributed by atoms with Gasteiger partial charge in [0.25, 0.3) is 0 Å². The van der Waals surface area contributed by atoms with Crippen LogP contribution in [0.3, 0.4) is 0 Å². The van der Waals surface area contributed by atoms with E-state index < -0.39 is 36.0 Å². The second kappa shape index (κ2) is 9.82. The number of carbonyl (C=O) groups is 3. The lowest BCUT2D eigenvalue weighted by molar-refractivity contribution is -0.139.